The van der Waals surface area contributed by atoms with Gasteiger partial charge in [0.15, 0.2) is 5.13 Å². The van der Waals surface area contributed by atoms with Crippen molar-refractivity contribution in [2.75, 3.05) is 11.9 Å². The molecule has 1 aromatic heterocycles. The Morgan fingerprint density at radius 1 is 1.72 bits per heavy atom. The number of oxime groups is 1. The van der Waals surface area contributed by atoms with E-state index in [1.165, 1.54) is 11.3 Å². The van der Waals surface area contributed by atoms with E-state index in [-0.39, 0.29) is 17.9 Å². The zero-order valence-electron chi connectivity index (χ0n) is 10.2. The van der Waals surface area contributed by atoms with Crippen molar-refractivity contribution in [3.63, 3.8) is 0 Å². The van der Waals surface area contributed by atoms with Crippen LogP contribution in [0.4, 0.5) is 5.13 Å². The maximum absolute atomic E-state index is 12.0. The molecule has 2 N–H and O–H groups in total. The topological polar surface area (TPSA) is 83.8 Å². The number of carbonyl (C=O) groups is 1. The molecule has 0 radical (unpaired) electrons. The number of ether oxygens (including phenoxy) is 1. The van der Waals surface area contributed by atoms with E-state index < -0.39 is 0 Å². The molecule has 6 nitrogen and oxygen atoms in total. The van der Waals surface area contributed by atoms with E-state index in [1.54, 1.807) is 12.3 Å². The first kappa shape index (κ1) is 13.0. The maximum atomic E-state index is 12.0. The molecule has 1 saturated heterocycles. The summed E-state index contributed by atoms with van der Waals surface area (Å²) in [6.07, 6.45) is 0.688. The third-order valence-corrected chi connectivity index (χ3v) is 3.73. The fourth-order valence-corrected chi connectivity index (χ4v) is 2.58. The highest BCUT2D eigenvalue weighted by molar-refractivity contribution is 7.14. The molecule has 98 valence electrons. The lowest BCUT2D eigenvalue weighted by molar-refractivity contribution is -0.121. The van der Waals surface area contributed by atoms with Crippen molar-refractivity contribution in [2.24, 2.45) is 11.1 Å². The largest absolute Gasteiger partial charge is 0.411 e. The van der Waals surface area contributed by atoms with Gasteiger partial charge in [-0.15, -0.1) is 11.3 Å². The number of hydrogen-bond donors (Lipinski definition) is 2. The molecule has 2 unspecified atom stereocenters. The number of nitrogens with one attached hydrogen (secondary N) is 1. The van der Waals surface area contributed by atoms with E-state index in [0.717, 1.165) is 6.42 Å². The molecule has 0 saturated carbocycles. The van der Waals surface area contributed by atoms with Crippen molar-refractivity contribution < 1.29 is 14.7 Å². The molecule has 1 aliphatic rings. The first-order chi connectivity index (χ1) is 8.61. The van der Waals surface area contributed by atoms with Crippen molar-refractivity contribution in [1.29, 1.82) is 0 Å². The molecule has 0 spiro atoms. The molecule has 18 heavy (non-hydrogen) atoms. The summed E-state index contributed by atoms with van der Waals surface area (Å²) < 4.78 is 5.36. The molecule has 0 aromatic carbocycles. The van der Waals surface area contributed by atoms with E-state index in [4.69, 9.17) is 9.94 Å². The van der Waals surface area contributed by atoms with Crippen LogP contribution in [0.2, 0.25) is 0 Å². The van der Waals surface area contributed by atoms with Gasteiger partial charge in [0, 0.05) is 12.0 Å². The predicted octanol–water partition coefficient (Wildman–Crippen LogP) is 1.70. The lowest BCUT2D eigenvalue weighted by Gasteiger charge is -2.12. The van der Waals surface area contributed by atoms with Gasteiger partial charge in [-0.2, -0.15) is 0 Å². The van der Waals surface area contributed by atoms with E-state index in [9.17, 15) is 4.79 Å². The van der Waals surface area contributed by atoms with E-state index >= 15 is 0 Å². The number of thiazole rings is 1. The Kier molecular flexibility index (Phi) is 3.93. The van der Waals surface area contributed by atoms with Crippen LogP contribution in [-0.4, -0.2) is 34.5 Å². The normalized spacial score (nSPS) is 24.2. The molecule has 1 aliphatic heterocycles. The minimum absolute atomic E-state index is 0.0508. The monoisotopic (exact) mass is 269 g/mol. The maximum Gasteiger partial charge on any atom is 0.231 e. The average Bonchev–Trinajstić information content (AvgIpc) is 2.97. The van der Waals surface area contributed by atoms with E-state index in [0.29, 0.717) is 23.1 Å². The summed E-state index contributed by atoms with van der Waals surface area (Å²) in [4.78, 5) is 16.1. The second-order valence-electron chi connectivity index (χ2n) is 4.18. The summed E-state index contributed by atoms with van der Waals surface area (Å²) in [5, 5.41) is 16.7. The van der Waals surface area contributed by atoms with Crippen molar-refractivity contribution >= 4 is 28.1 Å². The minimum atomic E-state index is -0.120. The van der Waals surface area contributed by atoms with Crippen molar-refractivity contribution in [3.8, 4) is 0 Å². The summed E-state index contributed by atoms with van der Waals surface area (Å²) in [7, 11) is 0. The number of carbonyl (C=O) groups excluding carboxylic acids is 1. The Labute approximate surface area is 109 Å². The van der Waals surface area contributed by atoms with Crippen LogP contribution in [0.25, 0.3) is 0 Å². The molecule has 2 rings (SSSR count). The summed E-state index contributed by atoms with van der Waals surface area (Å²) in [6, 6.07) is 0. The highest BCUT2D eigenvalue weighted by Crippen LogP contribution is 2.23. The van der Waals surface area contributed by atoms with Gasteiger partial charge in [0.05, 0.1) is 12.0 Å². The zero-order valence-corrected chi connectivity index (χ0v) is 11.0. The van der Waals surface area contributed by atoms with Gasteiger partial charge in [0.1, 0.15) is 11.4 Å². The Hall–Kier alpha value is -1.47. The number of nitrogens with zero attached hydrogens (tertiary/aromatic N) is 2. The van der Waals surface area contributed by atoms with Gasteiger partial charge < -0.3 is 15.3 Å². The van der Waals surface area contributed by atoms with Crippen molar-refractivity contribution in [3.05, 3.63) is 11.1 Å². The Morgan fingerprint density at radius 2 is 2.50 bits per heavy atom. The predicted molar refractivity (Wildman–Crippen MR) is 68.3 cm³/mol. The Morgan fingerprint density at radius 3 is 3.11 bits per heavy atom. The van der Waals surface area contributed by atoms with Gasteiger partial charge in [0.25, 0.3) is 0 Å². The third kappa shape index (κ3) is 2.68. The fourth-order valence-electron chi connectivity index (χ4n) is 1.82. The number of amides is 1. The molecule has 7 heteroatoms. The quantitative estimate of drug-likeness (QED) is 0.497. The van der Waals surface area contributed by atoms with Gasteiger partial charge in [-0.05, 0) is 20.3 Å². The zero-order chi connectivity index (χ0) is 13.1. The van der Waals surface area contributed by atoms with Crippen LogP contribution in [-0.2, 0) is 9.53 Å². The molecular formula is C11H15N3O3S. The summed E-state index contributed by atoms with van der Waals surface area (Å²) in [5.41, 5.74) is 0.984. The highest BCUT2D eigenvalue weighted by atomic mass is 32.1. The smallest absolute Gasteiger partial charge is 0.231 e. The SMILES string of the molecule is CC(=NO)c1csc(NC(=O)C2CCOC2C)n1. The molecule has 1 amide bonds. The van der Waals surface area contributed by atoms with Gasteiger partial charge in [-0.1, -0.05) is 5.16 Å². The number of hydrogen-bond acceptors (Lipinski definition) is 6. The Bertz CT molecular complexity index is 472. The van der Waals surface area contributed by atoms with E-state index in [2.05, 4.69) is 15.5 Å². The minimum Gasteiger partial charge on any atom is -0.411 e. The van der Waals surface area contributed by atoms with Crippen LogP contribution in [0.1, 0.15) is 26.0 Å². The first-order valence-electron chi connectivity index (χ1n) is 5.69. The van der Waals surface area contributed by atoms with Crippen LogP contribution in [0.3, 0.4) is 0 Å². The molecule has 0 bridgehead atoms. The van der Waals surface area contributed by atoms with E-state index in [1.807, 2.05) is 6.92 Å². The summed E-state index contributed by atoms with van der Waals surface area (Å²) in [6.45, 7) is 4.17. The number of aromatic nitrogens is 1. The van der Waals surface area contributed by atoms with Crippen LogP contribution >= 0.6 is 11.3 Å². The van der Waals surface area contributed by atoms with Gasteiger partial charge in [-0.3, -0.25) is 4.79 Å². The standard InChI is InChI=1S/C11H15N3O3S/c1-6(14-16)9-5-18-11(12-9)13-10(15)8-3-4-17-7(8)2/h5,7-8,16H,3-4H2,1-2H3,(H,12,13,15). The third-order valence-electron chi connectivity index (χ3n) is 2.97. The number of anilines is 1. The van der Waals surface area contributed by atoms with Crippen LogP contribution in [0.5, 0.6) is 0 Å². The average molecular weight is 269 g/mol. The van der Waals surface area contributed by atoms with Crippen LogP contribution in [0.15, 0.2) is 10.5 Å². The second-order valence-corrected chi connectivity index (χ2v) is 5.04. The van der Waals surface area contributed by atoms with Crippen LogP contribution < -0.4 is 5.32 Å². The molecule has 0 aliphatic carbocycles. The molecular weight excluding hydrogens is 254 g/mol. The van der Waals surface area contributed by atoms with Gasteiger partial charge in [-0.25, -0.2) is 4.98 Å². The number of rotatable bonds is 3. The summed E-state index contributed by atoms with van der Waals surface area (Å²) in [5.74, 6) is -0.190. The van der Waals surface area contributed by atoms with Gasteiger partial charge >= 0.3 is 0 Å². The Balaban J connectivity index is 2.01. The lowest BCUT2D eigenvalue weighted by atomic mass is 10.0. The fraction of sp³-hybridized carbons (Fsp3) is 0.545. The second kappa shape index (κ2) is 5.45. The molecule has 2 atom stereocenters. The highest BCUT2D eigenvalue weighted by Gasteiger charge is 2.31. The van der Waals surface area contributed by atoms with Crippen molar-refractivity contribution in [1.82, 2.24) is 4.98 Å². The van der Waals surface area contributed by atoms with Gasteiger partial charge in [0.2, 0.25) is 5.91 Å². The summed E-state index contributed by atoms with van der Waals surface area (Å²) >= 11 is 1.31. The van der Waals surface area contributed by atoms with Crippen LogP contribution in [0, 0.1) is 5.92 Å². The molecule has 1 aromatic rings. The lowest BCUT2D eigenvalue weighted by Crippen LogP contribution is -2.27. The molecule has 2 heterocycles. The molecule has 1 fully saturated rings. The first-order valence-corrected chi connectivity index (χ1v) is 6.57. The van der Waals surface area contributed by atoms with Crippen molar-refractivity contribution in [2.45, 2.75) is 26.4 Å².